The number of hydrogen-bond acceptors (Lipinski definition) is 5. The number of hydrogen-bond donors (Lipinski definition) is 0. The summed E-state index contributed by atoms with van der Waals surface area (Å²) in [6.07, 6.45) is 1.96. The second kappa shape index (κ2) is 8.29. The Kier molecular flexibility index (Phi) is 6.39. The second-order valence-electron chi connectivity index (χ2n) is 5.27. The van der Waals surface area contributed by atoms with E-state index in [1.54, 1.807) is 26.0 Å². The SMILES string of the molecule is COc1ccc(OC)c(CN2CCN(C(=O)CSC)CC2)c1. The molecule has 1 amide bonds. The van der Waals surface area contributed by atoms with E-state index in [0.29, 0.717) is 5.75 Å². The molecule has 0 N–H and O–H groups in total. The van der Waals surface area contributed by atoms with Gasteiger partial charge in [-0.25, -0.2) is 0 Å². The van der Waals surface area contributed by atoms with Crippen LogP contribution in [0.2, 0.25) is 0 Å². The Morgan fingerprint density at radius 3 is 2.50 bits per heavy atom. The maximum absolute atomic E-state index is 11.9. The third-order valence-electron chi connectivity index (χ3n) is 3.87. The first-order chi connectivity index (χ1) is 10.7. The topological polar surface area (TPSA) is 42.0 Å². The fraction of sp³-hybridized carbons (Fsp3) is 0.562. The van der Waals surface area contributed by atoms with Crippen molar-refractivity contribution in [3.05, 3.63) is 23.8 Å². The average molecular weight is 324 g/mol. The lowest BCUT2D eigenvalue weighted by molar-refractivity contribution is -0.130. The van der Waals surface area contributed by atoms with E-state index in [1.807, 2.05) is 29.4 Å². The van der Waals surface area contributed by atoms with E-state index in [4.69, 9.17) is 9.47 Å². The molecular weight excluding hydrogens is 300 g/mol. The molecule has 22 heavy (non-hydrogen) atoms. The van der Waals surface area contributed by atoms with Crippen LogP contribution in [0.25, 0.3) is 0 Å². The minimum absolute atomic E-state index is 0.242. The highest BCUT2D eigenvalue weighted by Crippen LogP contribution is 2.25. The van der Waals surface area contributed by atoms with Crippen LogP contribution < -0.4 is 9.47 Å². The molecule has 0 radical (unpaired) electrons. The average Bonchev–Trinajstić information content (AvgIpc) is 2.55. The van der Waals surface area contributed by atoms with Gasteiger partial charge in [-0.15, -0.1) is 0 Å². The van der Waals surface area contributed by atoms with Crippen LogP contribution in [0.1, 0.15) is 5.56 Å². The summed E-state index contributed by atoms with van der Waals surface area (Å²) in [5.41, 5.74) is 1.12. The second-order valence-corrected chi connectivity index (χ2v) is 6.13. The van der Waals surface area contributed by atoms with Gasteiger partial charge in [-0.3, -0.25) is 9.69 Å². The third-order valence-corrected chi connectivity index (χ3v) is 4.41. The molecule has 6 heteroatoms. The van der Waals surface area contributed by atoms with Crippen molar-refractivity contribution in [1.82, 2.24) is 9.80 Å². The Bertz CT molecular complexity index is 502. The number of carbonyl (C=O) groups excluding carboxylic acids is 1. The molecule has 1 aliphatic heterocycles. The van der Waals surface area contributed by atoms with Crippen molar-refractivity contribution in [3.8, 4) is 11.5 Å². The lowest BCUT2D eigenvalue weighted by atomic mass is 10.1. The van der Waals surface area contributed by atoms with Crippen LogP contribution in [0, 0.1) is 0 Å². The van der Waals surface area contributed by atoms with Gasteiger partial charge in [-0.2, -0.15) is 11.8 Å². The molecule has 0 saturated carbocycles. The van der Waals surface area contributed by atoms with E-state index >= 15 is 0 Å². The first kappa shape index (κ1) is 17.0. The van der Waals surface area contributed by atoms with Crippen LogP contribution in [0.5, 0.6) is 11.5 Å². The van der Waals surface area contributed by atoms with E-state index < -0.39 is 0 Å². The summed E-state index contributed by atoms with van der Waals surface area (Å²) in [6, 6.07) is 5.86. The summed E-state index contributed by atoms with van der Waals surface area (Å²) in [5, 5.41) is 0. The molecule has 1 aromatic rings. The van der Waals surface area contributed by atoms with Gasteiger partial charge >= 0.3 is 0 Å². The summed E-state index contributed by atoms with van der Waals surface area (Å²) in [4.78, 5) is 16.2. The van der Waals surface area contributed by atoms with E-state index in [1.165, 1.54) is 0 Å². The lowest BCUT2D eigenvalue weighted by Gasteiger charge is -2.35. The normalized spacial score (nSPS) is 15.7. The monoisotopic (exact) mass is 324 g/mol. The summed E-state index contributed by atoms with van der Waals surface area (Å²) < 4.78 is 10.7. The summed E-state index contributed by atoms with van der Waals surface area (Å²) in [7, 11) is 3.35. The van der Waals surface area contributed by atoms with Crippen molar-refractivity contribution in [1.29, 1.82) is 0 Å². The highest BCUT2D eigenvalue weighted by atomic mass is 32.2. The van der Waals surface area contributed by atoms with Gasteiger partial charge in [0.25, 0.3) is 0 Å². The number of benzene rings is 1. The number of nitrogens with zero attached hydrogens (tertiary/aromatic N) is 2. The van der Waals surface area contributed by atoms with Gasteiger partial charge in [0.05, 0.1) is 20.0 Å². The van der Waals surface area contributed by atoms with Crippen LogP contribution in [0.4, 0.5) is 0 Å². The molecule has 1 aliphatic rings. The van der Waals surface area contributed by atoms with Gasteiger partial charge in [0.2, 0.25) is 5.91 Å². The zero-order chi connectivity index (χ0) is 15.9. The van der Waals surface area contributed by atoms with Gasteiger partial charge in [0.1, 0.15) is 11.5 Å². The van der Waals surface area contributed by atoms with Gasteiger partial charge in [0, 0.05) is 38.3 Å². The fourth-order valence-electron chi connectivity index (χ4n) is 2.62. The maximum atomic E-state index is 11.9. The predicted octanol–water partition coefficient (Wildman–Crippen LogP) is 1.71. The van der Waals surface area contributed by atoms with Crippen molar-refractivity contribution < 1.29 is 14.3 Å². The Morgan fingerprint density at radius 2 is 1.91 bits per heavy atom. The Balaban J connectivity index is 1.94. The molecule has 0 atom stereocenters. The van der Waals surface area contributed by atoms with Crippen molar-refractivity contribution in [2.45, 2.75) is 6.54 Å². The molecule has 0 spiro atoms. The highest BCUT2D eigenvalue weighted by molar-refractivity contribution is 7.99. The van der Waals surface area contributed by atoms with Gasteiger partial charge in [-0.05, 0) is 24.5 Å². The molecule has 1 heterocycles. The lowest BCUT2D eigenvalue weighted by Crippen LogP contribution is -2.48. The first-order valence-electron chi connectivity index (χ1n) is 7.38. The van der Waals surface area contributed by atoms with Crippen LogP contribution in [0.3, 0.4) is 0 Å². The van der Waals surface area contributed by atoms with Gasteiger partial charge in [-0.1, -0.05) is 0 Å². The Morgan fingerprint density at radius 1 is 1.18 bits per heavy atom. The number of thioether (sulfide) groups is 1. The number of rotatable bonds is 6. The molecule has 2 rings (SSSR count). The Hall–Kier alpha value is -1.40. The number of ether oxygens (including phenoxy) is 2. The molecule has 122 valence electrons. The van der Waals surface area contributed by atoms with Crippen molar-refractivity contribution in [2.75, 3.05) is 52.4 Å². The van der Waals surface area contributed by atoms with Gasteiger partial charge in [0.15, 0.2) is 0 Å². The molecule has 0 aromatic heterocycles. The molecule has 5 nitrogen and oxygen atoms in total. The molecule has 0 unspecified atom stereocenters. The fourth-order valence-corrected chi connectivity index (χ4v) is 3.05. The molecule has 1 aromatic carbocycles. The van der Waals surface area contributed by atoms with E-state index in [9.17, 15) is 4.79 Å². The number of carbonyl (C=O) groups is 1. The number of amides is 1. The molecular formula is C16H24N2O3S. The third kappa shape index (κ3) is 4.30. The first-order valence-corrected chi connectivity index (χ1v) is 8.77. The number of piperazine rings is 1. The predicted molar refractivity (Wildman–Crippen MR) is 89.8 cm³/mol. The maximum Gasteiger partial charge on any atom is 0.232 e. The van der Waals surface area contributed by atoms with Gasteiger partial charge < -0.3 is 14.4 Å². The van der Waals surface area contributed by atoms with Crippen LogP contribution in [-0.2, 0) is 11.3 Å². The molecule has 1 saturated heterocycles. The largest absolute Gasteiger partial charge is 0.497 e. The van der Waals surface area contributed by atoms with Crippen LogP contribution in [0.15, 0.2) is 18.2 Å². The van der Waals surface area contributed by atoms with E-state index in [-0.39, 0.29) is 5.91 Å². The number of methoxy groups -OCH3 is 2. The molecule has 0 bridgehead atoms. The van der Waals surface area contributed by atoms with Crippen molar-refractivity contribution in [3.63, 3.8) is 0 Å². The van der Waals surface area contributed by atoms with Crippen LogP contribution >= 0.6 is 11.8 Å². The highest BCUT2D eigenvalue weighted by Gasteiger charge is 2.21. The minimum Gasteiger partial charge on any atom is -0.497 e. The summed E-state index contributed by atoms with van der Waals surface area (Å²) >= 11 is 1.58. The summed E-state index contributed by atoms with van der Waals surface area (Å²) in [6.45, 7) is 4.18. The van der Waals surface area contributed by atoms with E-state index in [2.05, 4.69) is 4.90 Å². The summed E-state index contributed by atoms with van der Waals surface area (Å²) in [5.74, 6) is 2.53. The molecule has 0 aliphatic carbocycles. The van der Waals surface area contributed by atoms with E-state index in [0.717, 1.165) is 49.8 Å². The molecule has 1 fully saturated rings. The van der Waals surface area contributed by atoms with Crippen LogP contribution in [-0.4, -0.2) is 68.1 Å². The standard InChI is InChI=1S/C16H24N2O3S/c1-20-14-4-5-15(21-2)13(10-14)11-17-6-8-18(9-7-17)16(19)12-22-3/h4-5,10H,6-9,11-12H2,1-3H3. The quantitative estimate of drug-likeness (QED) is 0.797. The Labute approximate surface area is 136 Å². The minimum atomic E-state index is 0.242. The zero-order valence-corrected chi connectivity index (χ0v) is 14.3. The van der Waals surface area contributed by atoms with Crippen molar-refractivity contribution in [2.24, 2.45) is 0 Å². The van der Waals surface area contributed by atoms with Crippen molar-refractivity contribution >= 4 is 17.7 Å². The smallest absolute Gasteiger partial charge is 0.232 e. The zero-order valence-electron chi connectivity index (χ0n) is 13.5.